The molecule has 0 aromatic heterocycles. The Labute approximate surface area is 181 Å². The Hall–Kier alpha value is -2.62. The highest BCUT2D eigenvalue weighted by Gasteiger charge is 2.29. The van der Waals surface area contributed by atoms with Crippen LogP contribution in [0, 0.1) is 10.8 Å². The second-order valence-corrected chi connectivity index (χ2v) is 9.39. The third kappa shape index (κ3) is 6.45. The molecule has 0 aliphatic heterocycles. The van der Waals surface area contributed by atoms with Gasteiger partial charge in [0.1, 0.15) is 11.6 Å². The van der Waals surface area contributed by atoms with Crippen molar-refractivity contribution in [1.82, 2.24) is 0 Å². The van der Waals surface area contributed by atoms with Gasteiger partial charge in [0.15, 0.2) is 0 Å². The van der Waals surface area contributed by atoms with Crippen molar-refractivity contribution < 1.29 is 9.59 Å². The molecule has 4 nitrogen and oxygen atoms in total. The number of nitrogens with zero attached hydrogens (tertiary/aromatic N) is 2. The Balaban J connectivity index is 2.27. The second kappa shape index (κ2) is 9.92. The van der Waals surface area contributed by atoms with E-state index in [9.17, 15) is 9.59 Å². The van der Waals surface area contributed by atoms with Crippen LogP contribution in [0.2, 0.25) is 0 Å². The van der Waals surface area contributed by atoms with Crippen LogP contribution in [0.3, 0.4) is 0 Å². The van der Waals surface area contributed by atoms with Crippen molar-refractivity contribution in [3.63, 3.8) is 0 Å². The van der Waals surface area contributed by atoms with E-state index in [0.717, 1.165) is 24.5 Å². The highest BCUT2D eigenvalue weighted by atomic mass is 16.1. The zero-order valence-electron chi connectivity index (χ0n) is 19.3. The van der Waals surface area contributed by atoms with Crippen molar-refractivity contribution in [2.24, 2.45) is 10.8 Å². The van der Waals surface area contributed by atoms with Gasteiger partial charge in [-0.2, -0.15) is 0 Å². The average Bonchev–Trinajstić information content (AvgIpc) is 2.71. The van der Waals surface area contributed by atoms with Crippen LogP contribution >= 0.6 is 0 Å². The monoisotopic (exact) mass is 408 g/mol. The van der Waals surface area contributed by atoms with E-state index in [2.05, 4.69) is 34.1 Å². The molecule has 0 aliphatic rings. The van der Waals surface area contributed by atoms with E-state index in [4.69, 9.17) is 0 Å². The molecule has 4 heteroatoms. The lowest BCUT2D eigenvalue weighted by Gasteiger charge is -2.37. The van der Waals surface area contributed by atoms with Gasteiger partial charge in [-0.3, -0.25) is 9.59 Å². The number of Topliss-reactive ketones (excluding diaryl/α,β-unsaturated/α-hetero) is 2. The molecule has 2 aromatic rings. The molecular weight excluding hydrogens is 372 g/mol. The van der Waals surface area contributed by atoms with Gasteiger partial charge in [0.2, 0.25) is 0 Å². The first-order valence-corrected chi connectivity index (χ1v) is 10.6. The van der Waals surface area contributed by atoms with Gasteiger partial charge in [-0.25, -0.2) is 0 Å². The summed E-state index contributed by atoms with van der Waals surface area (Å²) in [5, 5.41) is 0. The van der Waals surface area contributed by atoms with E-state index in [1.165, 1.54) is 0 Å². The third-order valence-corrected chi connectivity index (χ3v) is 5.96. The zero-order valence-corrected chi connectivity index (χ0v) is 19.3. The summed E-state index contributed by atoms with van der Waals surface area (Å²) in [6.45, 7) is 14.1. The van der Waals surface area contributed by atoms with Crippen LogP contribution in [0.4, 0.5) is 11.4 Å². The largest absolute Gasteiger partial charge is 0.369 e. The number of hydrogen-bond acceptors (Lipinski definition) is 4. The normalized spacial score (nSPS) is 11.8. The Morgan fingerprint density at radius 3 is 1.20 bits per heavy atom. The van der Waals surface area contributed by atoms with Crippen LogP contribution in [-0.2, 0) is 9.59 Å². The number of carbonyl (C=O) groups excluding carboxylic acids is 2. The standard InChI is InChI=1S/C26H36N2O2/c1-21(29)25(3,4)19-27(23-13-9-7-10-14-23)17-18-28(20-26(5,6)22(2)30)24-15-11-8-12-16-24/h7-16H,17-20H2,1-6H3. The summed E-state index contributed by atoms with van der Waals surface area (Å²) in [5.41, 5.74) is 1.33. The number of hydrogen-bond donors (Lipinski definition) is 0. The molecular formula is C26H36N2O2. The van der Waals surface area contributed by atoms with Crippen molar-refractivity contribution in [2.75, 3.05) is 36.0 Å². The van der Waals surface area contributed by atoms with Crippen molar-refractivity contribution in [3.8, 4) is 0 Å². The number of carbonyl (C=O) groups is 2. The molecule has 0 saturated carbocycles. The molecule has 2 rings (SSSR count). The molecule has 30 heavy (non-hydrogen) atoms. The number of anilines is 2. The maximum Gasteiger partial charge on any atom is 0.137 e. The van der Waals surface area contributed by atoms with E-state index >= 15 is 0 Å². The Bertz CT molecular complexity index is 757. The fraction of sp³-hybridized carbons (Fsp3) is 0.462. The average molecular weight is 409 g/mol. The SMILES string of the molecule is CC(=O)C(C)(C)CN(CCN(CC(C)(C)C(C)=O)c1ccccc1)c1ccccc1. The van der Waals surface area contributed by atoms with Gasteiger partial charge in [-0.15, -0.1) is 0 Å². The molecule has 0 fully saturated rings. The molecule has 0 heterocycles. The van der Waals surface area contributed by atoms with E-state index in [0.29, 0.717) is 13.1 Å². The smallest absolute Gasteiger partial charge is 0.137 e. The van der Waals surface area contributed by atoms with Crippen LogP contribution in [0.5, 0.6) is 0 Å². The lowest BCUT2D eigenvalue weighted by atomic mass is 9.87. The minimum atomic E-state index is -0.438. The van der Waals surface area contributed by atoms with Crippen LogP contribution in [0.15, 0.2) is 60.7 Å². The summed E-state index contributed by atoms with van der Waals surface area (Å²) in [7, 11) is 0. The van der Waals surface area contributed by atoms with E-state index in [1.54, 1.807) is 13.8 Å². The number of benzene rings is 2. The van der Waals surface area contributed by atoms with Crippen molar-refractivity contribution >= 4 is 22.9 Å². The topological polar surface area (TPSA) is 40.6 Å². The molecule has 0 N–H and O–H groups in total. The van der Waals surface area contributed by atoms with Crippen LogP contribution in [-0.4, -0.2) is 37.7 Å². The van der Waals surface area contributed by atoms with Gasteiger partial charge in [0, 0.05) is 48.4 Å². The zero-order chi connectivity index (χ0) is 22.4. The van der Waals surface area contributed by atoms with Crippen LogP contribution in [0.25, 0.3) is 0 Å². The minimum Gasteiger partial charge on any atom is -0.369 e. The Morgan fingerprint density at radius 2 is 0.933 bits per heavy atom. The molecule has 162 valence electrons. The maximum atomic E-state index is 12.2. The number of ketones is 2. The summed E-state index contributed by atoms with van der Waals surface area (Å²) >= 11 is 0. The van der Waals surface area contributed by atoms with Gasteiger partial charge in [-0.1, -0.05) is 64.1 Å². The highest BCUT2D eigenvalue weighted by molar-refractivity contribution is 5.82. The lowest BCUT2D eigenvalue weighted by molar-refractivity contribution is -0.125. The predicted octanol–water partition coefficient (Wildman–Crippen LogP) is 5.23. The van der Waals surface area contributed by atoms with Gasteiger partial charge in [-0.05, 0) is 38.1 Å². The van der Waals surface area contributed by atoms with Gasteiger partial charge in [0.05, 0.1) is 0 Å². The number of para-hydroxylation sites is 2. The minimum absolute atomic E-state index is 0.182. The Kier molecular flexibility index (Phi) is 7.83. The summed E-state index contributed by atoms with van der Waals surface area (Å²) in [4.78, 5) is 28.9. The fourth-order valence-electron chi connectivity index (χ4n) is 3.29. The molecule has 0 aliphatic carbocycles. The third-order valence-electron chi connectivity index (χ3n) is 5.96. The summed E-state index contributed by atoms with van der Waals surface area (Å²) in [6, 6.07) is 20.4. The summed E-state index contributed by atoms with van der Waals surface area (Å²) < 4.78 is 0. The van der Waals surface area contributed by atoms with Crippen LogP contribution in [0.1, 0.15) is 41.5 Å². The molecule has 0 bridgehead atoms. The second-order valence-electron chi connectivity index (χ2n) is 9.39. The first-order chi connectivity index (χ1) is 14.0. The summed E-state index contributed by atoms with van der Waals surface area (Å²) in [6.07, 6.45) is 0. The molecule has 2 aromatic carbocycles. The molecule has 0 radical (unpaired) electrons. The maximum absolute atomic E-state index is 12.2. The fourth-order valence-corrected chi connectivity index (χ4v) is 3.29. The van der Waals surface area contributed by atoms with Gasteiger partial charge < -0.3 is 9.80 Å². The van der Waals surface area contributed by atoms with Gasteiger partial charge in [0.25, 0.3) is 0 Å². The lowest BCUT2D eigenvalue weighted by Crippen LogP contribution is -2.45. The first kappa shape index (κ1) is 23.7. The van der Waals surface area contributed by atoms with E-state index < -0.39 is 10.8 Å². The van der Waals surface area contributed by atoms with Crippen molar-refractivity contribution in [1.29, 1.82) is 0 Å². The highest BCUT2D eigenvalue weighted by Crippen LogP contribution is 2.26. The van der Waals surface area contributed by atoms with Crippen molar-refractivity contribution in [3.05, 3.63) is 60.7 Å². The van der Waals surface area contributed by atoms with Crippen molar-refractivity contribution in [2.45, 2.75) is 41.5 Å². The Morgan fingerprint density at radius 1 is 0.633 bits per heavy atom. The van der Waals surface area contributed by atoms with E-state index in [-0.39, 0.29) is 11.6 Å². The summed E-state index contributed by atoms with van der Waals surface area (Å²) in [5.74, 6) is 0.363. The molecule has 0 unspecified atom stereocenters. The van der Waals surface area contributed by atoms with Gasteiger partial charge >= 0.3 is 0 Å². The quantitative estimate of drug-likeness (QED) is 0.510. The molecule has 0 spiro atoms. The first-order valence-electron chi connectivity index (χ1n) is 10.6. The molecule has 0 amide bonds. The van der Waals surface area contributed by atoms with Crippen LogP contribution < -0.4 is 9.80 Å². The van der Waals surface area contributed by atoms with E-state index in [1.807, 2.05) is 64.1 Å². The predicted molar refractivity (Wildman–Crippen MR) is 126 cm³/mol. The molecule has 0 atom stereocenters. The number of rotatable bonds is 11. The molecule has 0 saturated heterocycles.